The van der Waals surface area contributed by atoms with E-state index >= 15 is 0 Å². The Kier molecular flexibility index (Phi) is 3.24. The van der Waals surface area contributed by atoms with Crippen molar-refractivity contribution in [3.05, 3.63) is 40.9 Å². The summed E-state index contributed by atoms with van der Waals surface area (Å²) in [6.45, 7) is 1.94. The van der Waals surface area contributed by atoms with E-state index in [4.69, 9.17) is 17.3 Å². The van der Waals surface area contributed by atoms with E-state index in [-0.39, 0.29) is 0 Å². The lowest BCUT2D eigenvalue weighted by Crippen LogP contribution is -2.01. The number of hydrogen-bond acceptors (Lipinski definition) is 3. The van der Waals surface area contributed by atoms with Crippen molar-refractivity contribution in [1.29, 1.82) is 0 Å². The average Bonchev–Trinajstić information content (AvgIpc) is 2.27. The van der Waals surface area contributed by atoms with Gasteiger partial charge in [-0.1, -0.05) is 18.5 Å². The van der Waals surface area contributed by atoms with Gasteiger partial charge in [-0.15, -0.1) is 0 Å². The first-order valence-electron chi connectivity index (χ1n) is 5.17. The van der Waals surface area contributed by atoms with Crippen LogP contribution in [0.4, 0.5) is 10.2 Å². The molecule has 0 unspecified atom stereocenters. The number of nitrogen functional groups attached to an aromatic ring is 1. The maximum Gasteiger partial charge on any atom is 0.130 e. The quantitative estimate of drug-likeness (QED) is 0.892. The summed E-state index contributed by atoms with van der Waals surface area (Å²) in [5.41, 5.74) is 7.81. The molecule has 0 fully saturated rings. The van der Waals surface area contributed by atoms with Gasteiger partial charge < -0.3 is 5.73 Å². The standard InChI is InChI=1S/C12H11ClFN3/c1-2-10-11(16-6-17-12(10)15)7-3-8(13)5-9(14)4-7/h3-6H,2H2,1H3,(H2,15,16,17). The van der Waals surface area contributed by atoms with Crippen LogP contribution >= 0.6 is 11.6 Å². The summed E-state index contributed by atoms with van der Waals surface area (Å²) in [4.78, 5) is 8.07. The van der Waals surface area contributed by atoms with Crippen LogP contribution in [0.2, 0.25) is 5.02 Å². The Morgan fingerprint density at radius 3 is 2.71 bits per heavy atom. The molecule has 0 atom stereocenters. The SMILES string of the molecule is CCc1c(N)ncnc1-c1cc(F)cc(Cl)c1. The summed E-state index contributed by atoms with van der Waals surface area (Å²) in [5.74, 6) is 0.0182. The van der Waals surface area contributed by atoms with Gasteiger partial charge >= 0.3 is 0 Å². The first kappa shape index (κ1) is 11.8. The molecule has 5 heteroatoms. The van der Waals surface area contributed by atoms with Crippen LogP contribution in [0.1, 0.15) is 12.5 Å². The van der Waals surface area contributed by atoms with E-state index in [1.807, 2.05) is 6.92 Å². The van der Waals surface area contributed by atoms with Gasteiger partial charge in [0.15, 0.2) is 0 Å². The van der Waals surface area contributed by atoms with Crippen LogP contribution in [0.3, 0.4) is 0 Å². The number of hydrogen-bond donors (Lipinski definition) is 1. The zero-order valence-electron chi connectivity index (χ0n) is 9.24. The molecule has 0 aliphatic heterocycles. The van der Waals surface area contributed by atoms with E-state index in [1.54, 1.807) is 6.07 Å². The van der Waals surface area contributed by atoms with Crippen molar-refractivity contribution in [3.8, 4) is 11.3 Å². The summed E-state index contributed by atoms with van der Waals surface area (Å²) in [5, 5.41) is 0.333. The number of nitrogens with two attached hydrogens (primary N) is 1. The lowest BCUT2D eigenvalue weighted by atomic mass is 10.0. The predicted octanol–water partition coefficient (Wildman–Crippen LogP) is 3.08. The highest BCUT2D eigenvalue weighted by Crippen LogP contribution is 2.27. The highest BCUT2D eigenvalue weighted by Gasteiger charge is 2.11. The second-order valence-electron chi connectivity index (χ2n) is 3.60. The minimum absolute atomic E-state index is 0.333. The Hall–Kier alpha value is -1.68. The lowest BCUT2D eigenvalue weighted by molar-refractivity contribution is 0.628. The van der Waals surface area contributed by atoms with E-state index < -0.39 is 5.82 Å². The highest BCUT2D eigenvalue weighted by atomic mass is 35.5. The number of anilines is 1. The third-order valence-corrected chi connectivity index (χ3v) is 2.69. The molecule has 17 heavy (non-hydrogen) atoms. The molecule has 2 rings (SSSR count). The first-order chi connectivity index (χ1) is 8.11. The van der Waals surface area contributed by atoms with Crippen molar-refractivity contribution >= 4 is 17.4 Å². The molecule has 0 aliphatic rings. The Labute approximate surface area is 103 Å². The summed E-state index contributed by atoms with van der Waals surface area (Å²) in [6.07, 6.45) is 2.04. The first-order valence-corrected chi connectivity index (χ1v) is 5.55. The lowest BCUT2D eigenvalue weighted by Gasteiger charge is -2.09. The number of nitrogens with zero attached hydrogens (tertiary/aromatic N) is 2. The molecule has 2 aromatic rings. The molecule has 0 saturated carbocycles. The Bertz CT molecular complexity index is 537. The highest BCUT2D eigenvalue weighted by molar-refractivity contribution is 6.30. The van der Waals surface area contributed by atoms with Gasteiger partial charge in [0.2, 0.25) is 0 Å². The Morgan fingerprint density at radius 2 is 2.06 bits per heavy atom. The smallest absolute Gasteiger partial charge is 0.130 e. The van der Waals surface area contributed by atoms with Gasteiger partial charge in [-0.2, -0.15) is 0 Å². The second kappa shape index (κ2) is 4.67. The molecule has 1 aromatic carbocycles. The zero-order chi connectivity index (χ0) is 12.4. The Balaban J connectivity index is 2.63. The number of halogens is 2. The van der Waals surface area contributed by atoms with E-state index in [0.29, 0.717) is 28.5 Å². The molecule has 2 N–H and O–H groups in total. The van der Waals surface area contributed by atoms with Gasteiger partial charge in [-0.05, 0) is 24.6 Å². The second-order valence-corrected chi connectivity index (χ2v) is 4.03. The van der Waals surface area contributed by atoms with Crippen molar-refractivity contribution in [2.24, 2.45) is 0 Å². The average molecular weight is 252 g/mol. The summed E-state index contributed by atoms with van der Waals surface area (Å²) >= 11 is 5.82. The van der Waals surface area contributed by atoms with Crippen molar-refractivity contribution in [3.63, 3.8) is 0 Å². The number of benzene rings is 1. The maximum atomic E-state index is 13.3. The minimum Gasteiger partial charge on any atom is -0.383 e. The summed E-state index contributed by atoms with van der Waals surface area (Å²) in [6, 6.07) is 4.29. The minimum atomic E-state index is -0.397. The van der Waals surface area contributed by atoms with Crippen LogP contribution in [0, 0.1) is 5.82 Å². The van der Waals surface area contributed by atoms with E-state index in [1.165, 1.54) is 18.5 Å². The number of aromatic nitrogens is 2. The van der Waals surface area contributed by atoms with E-state index in [0.717, 1.165) is 5.56 Å². The Morgan fingerprint density at radius 1 is 1.29 bits per heavy atom. The van der Waals surface area contributed by atoms with Crippen molar-refractivity contribution < 1.29 is 4.39 Å². The van der Waals surface area contributed by atoms with Gasteiger partial charge in [0.05, 0.1) is 5.69 Å². The molecule has 0 spiro atoms. The van der Waals surface area contributed by atoms with Crippen LogP contribution in [0.25, 0.3) is 11.3 Å². The van der Waals surface area contributed by atoms with Crippen molar-refractivity contribution in [1.82, 2.24) is 9.97 Å². The van der Waals surface area contributed by atoms with Gasteiger partial charge in [0, 0.05) is 16.1 Å². The molecule has 0 saturated heterocycles. The molecular formula is C12H11ClFN3. The fourth-order valence-electron chi connectivity index (χ4n) is 1.71. The fraction of sp³-hybridized carbons (Fsp3) is 0.167. The normalized spacial score (nSPS) is 10.5. The summed E-state index contributed by atoms with van der Waals surface area (Å²) < 4.78 is 13.3. The van der Waals surface area contributed by atoms with Crippen LogP contribution in [0.5, 0.6) is 0 Å². The van der Waals surface area contributed by atoms with Gasteiger partial charge in [-0.25, -0.2) is 14.4 Å². The van der Waals surface area contributed by atoms with Gasteiger partial charge in [0.25, 0.3) is 0 Å². The molecular weight excluding hydrogens is 241 g/mol. The molecule has 3 nitrogen and oxygen atoms in total. The fourth-order valence-corrected chi connectivity index (χ4v) is 1.94. The molecule has 1 heterocycles. The van der Waals surface area contributed by atoms with Gasteiger partial charge in [-0.3, -0.25) is 0 Å². The molecule has 1 aromatic heterocycles. The third kappa shape index (κ3) is 2.36. The van der Waals surface area contributed by atoms with E-state index in [9.17, 15) is 4.39 Å². The molecule has 0 amide bonds. The zero-order valence-corrected chi connectivity index (χ0v) is 10.0. The van der Waals surface area contributed by atoms with Crippen molar-refractivity contribution in [2.75, 3.05) is 5.73 Å². The van der Waals surface area contributed by atoms with Crippen LogP contribution < -0.4 is 5.73 Å². The maximum absolute atomic E-state index is 13.3. The molecule has 0 radical (unpaired) electrons. The van der Waals surface area contributed by atoms with E-state index in [2.05, 4.69) is 9.97 Å². The van der Waals surface area contributed by atoms with Crippen molar-refractivity contribution in [2.45, 2.75) is 13.3 Å². The molecule has 0 bridgehead atoms. The van der Waals surface area contributed by atoms with Crippen LogP contribution in [0.15, 0.2) is 24.5 Å². The molecule has 88 valence electrons. The number of rotatable bonds is 2. The topological polar surface area (TPSA) is 51.8 Å². The monoisotopic (exact) mass is 251 g/mol. The third-order valence-electron chi connectivity index (χ3n) is 2.47. The summed E-state index contributed by atoms with van der Waals surface area (Å²) in [7, 11) is 0. The van der Waals surface area contributed by atoms with Crippen LogP contribution in [-0.2, 0) is 6.42 Å². The van der Waals surface area contributed by atoms with Crippen LogP contribution in [-0.4, -0.2) is 9.97 Å². The van der Waals surface area contributed by atoms with Gasteiger partial charge in [0.1, 0.15) is 18.0 Å². The largest absolute Gasteiger partial charge is 0.383 e. The predicted molar refractivity (Wildman–Crippen MR) is 66.2 cm³/mol. The molecule has 0 aliphatic carbocycles.